The minimum Gasteiger partial charge on any atom is -0.453 e. The summed E-state index contributed by atoms with van der Waals surface area (Å²) in [6, 6.07) is 3.81. The second kappa shape index (κ2) is 5.53. The number of aliphatic hydroxyl groups is 1. The van der Waals surface area contributed by atoms with E-state index < -0.39 is 5.60 Å². The van der Waals surface area contributed by atoms with Crippen LogP contribution in [-0.4, -0.2) is 50.3 Å². The highest BCUT2D eigenvalue weighted by Gasteiger charge is 2.49. The third-order valence-electron chi connectivity index (χ3n) is 4.98. The van der Waals surface area contributed by atoms with E-state index in [1.54, 1.807) is 11.1 Å². The normalized spacial score (nSPS) is 28.5. The molecular weight excluding hydrogens is 306 g/mol. The van der Waals surface area contributed by atoms with Crippen LogP contribution in [0.3, 0.4) is 0 Å². The molecule has 24 heavy (non-hydrogen) atoms. The molecule has 0 spiro atoms. The summed E-state index contributed by atoms with van der Waals surface area (Å²) >= 11 is 0. The van der Waals surface area contributed by atoms with Crippen molar-refractivity contribution in [1.82, 2.24) is 14.3 Å². The van der Waals surface area contributed by atoms with Gasteiger partial charge in [0.25, 0.3) is 0 Å². The zero-order chi connectivity index (χ0) is 16.7. The standard InChI is InChI=1S/C18H19N3O3/c1-24-17(22)21-14-3-4-15(21)11-18(23,10-14)7-6-13-2-5-16-19-8-9-20(16)12-13/h2,5,8-9,12,14-15,23H,3-4,10-11H2,1H3/t14-,15-/m1/s1. The van der Waals surface area contributed by atoms with E-state index >= 15 is 0 Å². The van der Waals surface area contributed by atoms with Gasteiger partial charge < -0.3 is 19.1 Å². The van der Waals surface area contributed by atoms with E-state index in [1.165, 1.54) is 7.11 Å². The van der Waals surface area contributed by atoms with Crippen LogP contribution in [0.25, 0.3) is 5.65 Å². The SMILES string of the molecule is COC(=O)N1[C@@H]2CC[C@@H]1CC(O)(C#Cc1ccc3nccn3c1)C2. The van der Waals surface area contributed by atoms with Crippen LogP contribution >= 0.6 is 0 Å². The summed E-state index contributed by atoms with van der Waals surface area (Å²) in [5.41, 5.74) is 0.639. The number of imidazole rings is 1. The van der Waals surface area contributed by atoms with E-state index in [1.807, 2.05) is 28.9 Å². The zero-order valence-electron chi connectivity index (χ0n) is 13.5. The Labute approximate surface area is 140 Å². The number of amides is 1. The first-order chi connectivity index (χ1) is 11.6. The summed E-state index contributed by atoms with van der Waals surface area (Å²) in [6.45, 7) is 0. The third kappa shape index (κ3) is 2.51. The fraction of sp³-hybridized carbons (Fsp3) is 0.444. The van der Waals surface area contributed by atoms with Crippen molar-refractivity contribution < 1.29 is 14.6 Å². The number of methoxy groups -OCH3 is 1. The number of hydrogen-bond acceptors (Lipinski definition) is 4. The summed E-state index contributed by atoms with van der Waals surface area (Å²) in [6.07, 6.45) is 7.93. The van der Waals surface area contributed by atoms with Gasteiger partial charge in [-0.25, -0.2) is 9.78 Å². The summed E-state index contributed by atoms with van der Waals surface area (Å²) in [5.74, 6) is 6.12. The fourth-order valence-electron chi connectivity index (χ4n) is 3.91. The maximum Gasteiger partial charge on any atom is 0.409 e. The number of rotatable bonds is 0. The van der Waals surface area contributed by atoms with Gasteiger partial charge in [0, 0.05) is 49.1 Å². The molecule has 2 saturated heterocycles. The number of piperidine rings is 1. The van der Waals surface area contributed by atoms with Crippen molar-refractivity contribution in [3.05, 3.63) is 36.3 Å². The predicted molar refractivity (Wildman–Crippen MR) is 87.3 cm³/mol. The van der Waals surface area contributed by atoms with Gasteiger partial charge in [0.1, 0.15) is 11.2 Å². The van der Waals surface area contributed by atoms with Gasteiger partial charge >= 0.3 is 6.09 Å². The van der Waals surface area contributed by atoms with E-state index in [0.717, 1.165) is 24.1 Å². The number of hydrogen-bond donors (Lipinski definition) is 1. The molecule has 6 nitrogen and oxygen atoms in total. The van der Waals surface area contributed by atoms with E-state index in [4.69, 9.17) is 4.74 Å². The van der Waals surface area contributed by atoms with Crippen molar-refractivity contribution >= 4 is 11.7 Å². The maximum absolute atomic E-state index is 11.9. The van der Waals surface area contributed by atoms with Gasteiger partial charge in [-0.2, -0.15) is 0 Å². The molecule has 6 heteroatoms. The largest absolute Gasteiger partial charge is 0.453 e. The molecule has 0 radical (unpaired) electrons. The second-order valence-corrected chi connectivity index (χ2v) is 6.56. The average Bonchev–Trinajstić information content (AvgIpc) is 3.15. The zero-order valence-corrected chi connectivity index (χ0v) is 13.5. The molecular formula is C18H19N3O3. The molecule has 2 fully saturated rings. The number of carbonyl (C=O) groups is 1. The van der Waals surface area contributed by atoms with E-state index in [9.17, 15) is 9.90 Å². The lowest BCUT2D eigenvalue weighted by atomic mass is 9.86. The van der Waals surface area contributed by atoms with Crippen LogP contribution in [0.4, 0.5) is 4.79 Å². The van der Waals surface area contributed by atoms with Gasteiger partial charge in [-0.05, 0) is 25.0 Å². The Bertz CT molecular complexity index is 834. The lowest BCUT2D eigenvalue weighted by molar-refractivity contribution is -0.00730. The predicted octanol–water partition coefficient (Wildman–Crippen LogP) is 1.81. The van der Waals surface area contributed by atoms with Crippen LogP contribution in [0.15, 0.2) is 30.7 Å². The van der Waals surface area contributed by atoms with Crippen LogP contribution < -0.4 is 0 Å². The van der Waals surface area contributed by atoms with Gasteiger partial charge in [-0.3, -0.25) is 0 Å². The molecule has 124 valence electrons. The van der Waals surface area contributed by atoms with Crippen molar-refractivity contribution in [3.63, 3.8) is 0 Å². The molecule has 2 aliphatic rings. The molecule has 2 aromatic rings. The highest BCUT2D eigenvalue weighted by molar-refractivity contribution is 5.69. The van der Waals surface area contributed by atoms with Crippen LogP contribution in [0, 0.1) is 11.8 Å². The Morgan fingerprint density at radius 3 is 2.83 bits per heavy atom. The molecule has 0 unspecified atom stereocenters. The van der Waals surface area contributed by atoms with Crippen molar-refractivity contribution in [1.29, 1.82) is 0 Å². The molecule has 0 saturated carbocycles. The van der Waals surface area contributed by atoms with Gasteiger partial charge in [0.05, 0.1) is 7.11 Å². The fourth-order valence-corrected chi connectivity index (χ4v) is 3.91. The van der Waals surface area contributed by atoms with Crippen molar-refractivity contribution in [3.8, 4) is 11.8 Å². The third-order valence-corrected chi connectivity index (χ3v) is 4.98. The van der Waals surface area contributed by atoms with Crippen molar-refractivity contribution in [2.75, 3.05) is 7.11 Å². The molecule has 1 N–H and O–H groups in total. The maximum atomic E-state index is 11.9. The first-order valence-electron chi connectivity index (χ1n) is 8.12. The average molecular weight is 325 g/mol. The highest BCUT2D eigenvalue weighted by Crippen LogP contribution is 2.40. The smallest absolute Gasteiger partial charge is 0.409 e. The quantitative estimate of drug-likeness (QED) is 0.750. The Kier molecular flexibility index (Phi) is 3.47. The van der Waals surface area contributed by atoms with Gasteiger partial charge in [0.2, 0.25) is 0 Å². The number of pyridine rings is 1. The van der Waals surface area contributed by atoms with Crippen LogP contribution in [0.1, 0.15) is 31.2 Å². The minimum absolute atomic E-state index is 0.00614. The Morgan fingerprint density at radius 1 is 1.38 bits per heavy atom. The molecule has 4 heterocycles. The first-order valence-corrected chi connectivity index (χ1v) is 8.12. The monoisotopic (exact) mass is 325 g/mol. The molecule has 4 rings (SSSR count). The van der Waals surface area contributed by atoms with E-state index in [-0.39, 0.29) is 18.2 Å². The van der Waals surface area contributed by atoms with Crippen molar-refractivity contribution in [2.24, 2.45) is 0 Å². The van der Waals surface area contributed by atoms with Crippen molar-refractivity contribution in [2.45, 2.75) is 43.4 Å². The van der Waals surface area contributed by atoms with Gasteiger partial charge in [-0.1, -0.05) is 11.8 Å². The Balaban J connectivity index is 1.56. The second-order valence-electron chi connectivity index (χ2n) is 6.56. The molecule has 0 aromatic carbocycles. The van der Waals surface area contributed by atoms with Crippen LogP contribution in [-0.2, 0) is 4.74 Å². The van der Waals surface area contributed by atoms with E-state index in [2.05, 4.69) is 16.8 Å². The number of ether oxygens (including phenoxy) is 1. The van der Waals surface area contributed by atoms with Gasteiger partial charge in [0.15, 0.2) is 0 Å². The minimum atomic E-state index is -1.06. The topological polar surface area (TPSA) is 67.1 Å². The summed E-state index contributed by atoms with van der Waals surface area (Å²) < 4.78 is 6.76. The lowest BCUT2D eigenvalue weighted by Crippen LogP contribution is -2.52. The number of carbonyl (C=O) groups excluding carboxylic acids is 1. The first kappa shape index (κ1) is 15.0. The number of aromatic nitrogens is 2. The molecule has 0 aliphatic carbocycles. The molecule has 2 atom stereocenters. The highest BCUT2D eigenvalue weighted by atomic mass is 16.5. The summed E-state index contributed by atoms with van der Waals surface area (Å²) in [4.78, 5) is 17.9. The van der Waals surface area contributed by atoms with Crippen LogP contribution in [0.2, 0.25) is 0 Å². The lowest BCUT2D eigenvalue weighted by Gasteiger charge is -2.40. The molecule has 2 bridgehead atoms. The van der Waals surface area contributed by atoms with Crippen LogP contribution in [0.5, 0.6) is 0 Å². The number of nitrogens with zero attached hydrogens (tertiary/aromatic N) is 3. The summed E-state index contributed by atoms with van der Waals surface area (Å²) in [5, 5.41) is 10.9. The Morgan fingerprint density at radius 2 is 2.12 bits per heavy atom. The molecule has 2 aromatic heterocycles. The van der Waals surface area contributed by atoms with E-state index in [0.29, 0.717) is 12.8 Å². The molecule has 2 aliphatic heterocycles. The Hall–Kier alpha value is -2.52. The van der Waals surface area contributed by atoms with Gasteiger partial charge in [-0.15, -0.1) is 0 Å². The molecule has 1 amide bonds. The summed E-state index contributed by atoms with van der Waals surface area (Å²) in [7, 11) is 1.40. The number of fused-ring (bicyclic) bond motifs is 3.